The van der Waals surface area contributed by atoms with Crippen LogP contribution in [0.5, 0.6) is 0 Å². The van der Waals surface area contributed by atoms with Gasteiger partial charge in [0.2, 0.25) is 0 Å². The van der Waals surface area contributed by atoms with Gasteiger partial charge in [-0.05, 0) is 12.8 Å². The number of nitrogens with zero attached hydrogens (tertiary/aromatic N) is 4. The quantitative estimate of drug-likeness (QED) is 0.0221. The van der Waals surface area contributed by atoms with Gasteiger partial charge in [0.1, 0.15) is 0 Å². The first-order chi connectivity index (χ1) is 25.5. The normalized spacial score (nSPS) is 13.6. The Morgan fingerprint density at radius 3 is 0.855 bits per heavy atom. The van der Waals surface area contributed by atoms with Gasteiger partial charge in [-0.1, -0.05) is 96.8 Å². The van der Waals surface area contributed by atoms with Crippen molar-refractivity contribution in [3.05, 3.63) is 0 Å². The number of hydrogen-bond acceptors (Lipinski definition) is 7. The average molecular weight is 874 g/mol. The SMILES string of the molecule is CCCCCCCCCCCCCCCCCC[N+](C)(C)CCCN(CCN(CCP(=O)(O)O)CCP(=O)(O)O)CCN(CCP(=O)(O)O)CCP(=O)(O)O. The van der Waals surface area contributed by atoms with E-state index >= 15 is 0 Å². The minimum atomic E-state index is -4.35. The minimum Gasteiger partial charge on any atom is -0.328 e. The Bertz CT molecular complexity index is 1040. The molecule has 55 heavy (non-hydrogen) atoms. The predicted molar refractivity (Wildman–Crippen MR) is 223 cm³/mol. The molecule has 20 heteroatoms. The van der Waals surface area contributed by atoms with Crippen molar-refractivity contribution >= 4 is 30.4 Å². The van der Waals surface area contributed by atoms with Crippen molar-refractivity contribution < 1.29 is 61.9 Å². The fraction of sp³-hybridized carbons (Fsp3) is 1.00. The van der Waals surface area contributed by atoms with E-state index in [4.69, 9.17) is 0 Å². The highest BCUT2D eigenvalue weighted by Gasteiger charge is 2.23. The number of rotatable bonds is 39. The van der Waals surface area contributed by atoms with Crippen LogP contribution in [0.4, 0.5) is 0 Å². The highest BCUT2D eigenvalue weighted by molar-refractivity contribution is 7.52. The second-order valence-corrected chi connectivity index (χ2v) is 23.2. The summed E-state index contributed by atoms with van der Waals surface area (Å²) in [6, 6.07) is 0. The Hall–Kier alpha value is 0.440. The summed E-state index contributed by atoms with van der Waals surface area (Å²) in [6.45, 7) is 5.88. The second kappa shape index (κ2) is 30.5. The van der Waals surface area contributed by atoms with Crippen LogP contribution >= 0.6 is 30.4 Å². The van der Waals surface area contributed by atoms with E-state index in [2.05, 4.69) is 25.9 Å². The molecule has 0 aliphatic heterocycles. The molecule has 0 amide bonds. The molecule has 0 atom stereocenters. The first-order valence-electron chi connectivity index (χ1n) is 20.7. The largest absolute Gasteiger partial charge is 0.328 e. The van der Waals surface area contributed by atoms with Gasteiger partial charge < -0.3 is 58.3 Å². The van der Waals surface area contributed by atoms with Gasteiger partial charge in [0.25, 0.3) is 0 Å². The van der Waals surface area contributed by atoms with Gasteiger partial charge >= 0.3 is 30.4 Å². The maximum absolute atomic E-state index is 11.6. The molecule has 332 valence electrons. The van der Waals surface area contributed by atoms with Gasteiger partial charge in [-0.3, -0.25) is 18.3 Å². The fourth-order valence-corrected chi connectivity index (χ4v) is 8.75. The van der Waals surface area contributed by atoms with Crippen LogP contribution in [-0.4, -0.2) is 169 Å². The van der Waals surface area contributed by atoms with Gasteiger partial charge in [0.05, 0.1) is 51.8 Å². The van der Waals surface area contributed by atoms with Gasteiger partial charge in [0.15, 0.2) is 0 Å². The van der Waals surface area contributed by atoms with Crippen LogP contribution in [-0.2, 0) is 18.3 Å². The molecule has 0 heterocycles. The van der Waals surface area contributed by atoms with E-state index in [1.807, 2.05) is 0 Å². The molecule has 0 aromatic carbocycles. The van der Waals surface area contributed by atoms with Crippen molar-refractivity contribution in [2.75, 3.05) is 111 Å². The molecule has 8 N–H and O–H groups in total. The summed E-state index contributed by atoms with van der Waals surface area (Å²) in [7, 11) is -13.0. The van der Waals surface area contributed by atoms with E-state index in [0.29, 0.717) is 19.6 Å². The van der Waals surface area contributed by atoms with Gasteiger partial charge in [-0.15, -0.1) is 0 Å². The van der Waals surface area contributed by atoms with Crippen LogP contribution in [0, 0.1) is 0 Å². The van der Waals surface area contributed by atoms with Crippen LogP contribution in [0.25, 0.3) is 0 Å². The third kappa shape index (κ3) is 41.0. The lowest BCUT2D eigenvalue weighted by Crippen LogP contribution is -2.45. The van der Waals surface area contributed by atoms with Gasteiger partial charge in [0, 0.05) is 65.3 Å². The van der Waals surface area contributed by atoms with E-state index in [0.717, 1.165) is 30.4 Å². The van der Waals surface area contributed by atoms with E-state index in [9.17, 15) is 57.4 Å². The minimum absolute atomic E-state index is 0.0575. The molecule has 16 nitrogen and oxygen atoms in total. The number of quaternary nitrogens is 1. The summed E-state index contributed by atoms with van der Waals surface area (Å²) in [5, 5.41) is 0. The molecule has 0 rings (SSSR count). The molecule has 0 bridgehead atoms. The summed E-state index contributed by atoms with van der Waals surface area (Å²) >= 11 is 0. The Morgan fingerprint density at radius 2 is 0.582 bits per heavy atom. The van der Waals surface area contributed by atoms with Crippen molar-refractivity contribution in [3.63, 3.8) is 0 Å². The summed E-state index contributed by atoms with van der Waals surface area (Å²) in [6.07, 6.45) is 20.1. The maximum atomic E-state index is 11.6. The topological polar surface area (TPSA) is 240 Å². The summed E-state index contributed by atoms with van der Waals surface area (Å²) < 4.78 is 47.1. The zero-order valence-electron chi connectivity index (χ0n) is 34.4. The van der Waals surface area contributed by atoms with Crippen LogP contribution < -0.4 is 0 Å². The zero-order chi connectivity index (χ0) is 41.9. The van der Waals surface area contributed by atoms with E-state index in [1.165, 1.54) is 96.3 Å². The van der Waals surface area contributed by atoms with Crippen molar-refractivity contribution in [2.24, 2.45) is 0 Å². The molecule has 0 aromatic heterocycles. The molecule has 0 saturated heterocycles. The predicted octanol–water partition coefficient (Wildman–Crippen LogP) is 5.33. The Kier molecular flexibility index (Phi) is 30.7. The molecule has 0 aliphatic rings. The van der Waals surface area contributed by atoms with Crippen LogP contribution in [0.2, 0.25) is 0 Å². The van der Waals surface area contributed by atoms with Crippen LogP contribution in [0.15, 0.2) is 0 Å². The zero-order valence-corrected chi connectivity index (χ0v) is 38.0. The highest BCUT2D eigenvalue weighted by atomic mass is 31.2. The van der Waals surface area contributed by atoms with E-state index in [1.54, 1.807) is 9.80 Å². The van der Waals surface area contributed by atoms with E-state index < -0.39 is 55.0 Å². The van der Waals surface area contributed by atoms with Gasteiger partial charge in [-0.25, -0.2) is 0 Å². The smallest absolute Gasteiger partial charge is 0.326 e. The third-order valence-corrected chi connectivity index (χ3v) is 13.3. The van der Waals surface area contributed by atoms with Crippen molar-refractivity contribution in [2.45, 2.75) is 116 Å². The van der Waals surface area contributed by atoms with Crippen molar-refractivity contribution in [1.82, 2.24) is 14.7 Å². The Morgan fingerprint density at radius 1 is 0.345 bits per heavy atom. The fourth-order valence-electron chi connectivity index (χ4n) is 6.58. The first-order valence-corrected chi connectivity index (χ1v) is 27.9. The first kappa shape index (κ1) is 55.4. The molecular weight excluding hydrogens is 792 g/mol. The molecule has 0 radical (unpaired) electrons. The van der Waals surface area contributed by atoms with E-state index in [-0.39, 0.29) is 39.3 Å². The van der Waals surface area contributed by atoms with Crippen molar-refractivity contribution in [1.29, 1.82) is 0 Å². The molecule has 0 aromatic rings. The lowest BCUT2D eigenvalue weighted by Gasteiger charge is -2.33. The summed E-state index contributed by atoms with van der Waals surface area (Å²) in [4.78, 5) is 80.6. The average Bonchev–Trinajstić information content (AvgIpc) is 3.05. The summed E-state index contributed by atoms with van der Waals surface area (Å²) in [5.74, 6) is 0. The number of hydrogen-bond donors (Lipinski definition) is 8. The monoisotopic (exact) mass is 873 g/mol. The van der Waals surface area contributed by atoms with Crippen LogP contribution in [0.3, 0.4) is 0 Å². The summed E-state index contributed by atoms with van der Waals surface area (Å²) in [5.41, 5.74) is 0. The molecule has 0 fully saturated rings. The van der Waals surface area contributed by atoms with Gasteiger partial charge in [-0.2, -0.15) is 0 Å². The highest BCUT2D eigenvalue weighted by Crippen LogP contribution is 2.37. The lowest BCUT2D eigenvalue weighted by molar-refractivity contribution is -0.890. The Balaban J connectivity index is 5.01. The Labute approximate surface area is 333 Å². The standard InChI is InChI=1S/C35H80N4O12P4/c1-4-5-6-7-8-9-10-11-12-13-14-15-16-17-18-19-30-39(2,3)31-20-21-36(22-24-37(26-32-52(40,41)42)27-33-53(43,44)45)23-25-38(28-34-54(46,47)48)29-35-55(49,50)51/h4-35H2,1-3H3,(H7-,40,41,42,43,44,45,46,47,48,49,50,51)/p+1. The second-order valence-electron chi connectivity index (χ2n) is 16.1. The molecule has 0 spiro atoms. The maximum Gasteiger partial charge on any atom is 0.326 e. The molecule has 0 unspecified atom stereocenters. The van der Waals surface area contributed by atoms with Crippen LogP contribution in [0.1, 0.15) is 116 Å². The lowest BCUT2D eigenvalue weighted by atomic mass is 10.0. The molecule has 0 saturated carbocycles. The van der Waals surface area contributed by atoms with Crippen molar-refractivity contribution in [3.8, 4) is 0 Å². The third-order valence-electron chi connectivity index (χ3n) is 10.1. The molecule has 0 aliphatic carbocycles. The number of unbranched alkanes of at least 4 members (excludes halogenated alkanes) is 15. The molecular formula is C35H81N4O12P4+.